The van der Waals surface area contributed by atoms with E-state index in [0.717, 1.165) is 13.4 Å². The molecule has 0 aliphatic carbocycles. The minimum atomic E-state index is 1.09. The van der Waals surface area contributed by atoms with E-state index in [1.54, 1.807) is 0 Å². The third kappa shape index (κ3) is 4.60. The number of aryl methyl sites for hydroxylation is 4. The first-order chi connectivity index (χ1) is 14.7. The van der Waals surface area contributed by atoms with Crippen LogP contribution in [0.5, 0.6) is 0 Å². The van der Waals surface area contributed by atoms with Crippen LogP contribution in [0.15, 0.2) is 80.1 Å². The lowest BCUT2D eigenvalue weighted by molar-refractivity contribution is 1.32. The molecule has 4 rings (SSSR count). The fraction of sp³-hybridized carbons (Fsp3) is 0.143. The highest BCUT2D eigenvalue weighted by Crippen LogP contribution is 2.40. The Bertz CT molecular complexity index is 1230. The van der Waals surface area contributed by atoms with Gasteiger partial charge >= 0.3 is 0 Å². The second kappa shape index (κ2) is 9.05. The highest BCUT2D eigenvalue weighted by atomic mass is 79.9. The van der Waals surface area contributed by atoms with Gasteiger partial charge in [0.15, 0.2) is 0 Å². The lowest BCUT2D eigenvalue weighted by Gasteiger charge is -2.16. The largest absolute Gasteiger partial charge is 0.0616 e. The van der Waals surface area contributed by atoms with Crippen LogP contribution in [0.3, 0.4) is 0 Å². The normalized spacial score (nSPS) is 11.1. The smallest absolute Gasteiger partial charge is 0.0256 e. The number of hydrogen-bond acceptors (Lipinski definition) is 0. The van der Waals surface area contributed by atoms with Crippen LogP contribution in [0.25, 0.3) is 33.4 Å². The van der Waals surface area contributed by atoms with Crippen LogP contribution in [0.1, 0.15) is 22.3 Å². The summed E-state index contributed by atoms with van der Waals surface area (Å²) < 4.78 is 3.33. The summed E-state index contributed by atoms with van der Waals surface area (Å²) in [6.07, 6.45) is 0. The van der Waals surface area contributed by atoms with E-state index >= 15 is 0 Å². The molecule has 0 radical (unpaired) electrons. The number of halogens is 3. The van der Waals surface area contributed by atoms with Crippen molar-refractivity contribution in [3.63, 3.8) is 0 Å². The van der Waals surface area contributed by atoms with E-state index in [-0.39, 0.29) is 0 Å². The van der Waals surface area contributed by atoms with Gasteiger partial charge < -0.3 is 0 Å². The van der Waals surface area contributed by atoms with E-state index in [2.05, 4.69) is 142 Å². The molecule has 4 aromatic carbocycles. The van der Waals surface area contributed by atoms with Crippen molar-refractivity contribution in [1.29, 1.82) is 0 Å². The van der Waals surface area contributed by atoms with Crippen molar-refractivity contribution < 1.29 is 0 Å². The van der Waals surface area contributed by atoms with Crippen LogP contribution in [0, 0.1) is 27.7 Å². The molecule has 0 N–H and O–H groups in total. The molecular formula is C28H23Br3. The van der Waals surface area contributed by atoms with E-state index in [4.69, 9.17) is 0 Å². The van der Waals surface area contributed by atoms with Crippen molar-refractivity contribution in [2.45, 2.75) is 27.7 Å². The molecule has 4 aromatic rings. The zero-order valence-corrected chi connectivity index (χ0v) is 22.7. The molecule has 0 saturated carbocycles. The monoisotopic (exact) mass is 596 g/mol. The average Bonchev–Trinajstić information content (AvgIpc) is 2.73. The summed E-state index contributed by atoms with van der Waals surface area (Å²) in [4.78, 5) is 0. The molecule has 31 heavy (non-hydrogen) atoms. The van der Waals surface area contributed by atoms with Crippen LogP contribution >= 0.6 is 47.8 Å². The van der Waals surface area contributed by atoms with Gasteiger partial charge in [-0.2, -0.15) is 0 Å². The maximum atomic E-state index is 3.81. The molecule has 0 aliphatic rings. The Balaban J connectivity index is 2.02. The second-order valence-corrected chi connectivity index (χ2v) is 10.7. The zero-order valence-electron chi connectivity index (χ0n) is 18.0. The van der Waals surface area contributed by atoms with Gasteiger partial charge in [-0.05, 0) is 120 Å². The summed E-state index contributed by atoms with van der Waals surface area (Å²) in [5, 5.41) is 0. The Morgan fingerprint density at radius 3 is 1.26 bits per heavy atom. The summed E-state index contributed by atoms with van der Waals surface area (Å²) in [6, 6.07) is 24.2. The molecule has 0 atom stereocenters. The van der Waals surface area contributed by atoms with Gasteiger partial charge in [0.05, 0.1) is 0 Å². The first kappa shape index (κ1) is 22.5. The predicted molar refractivity (Wildman–Crippen MR) is 145 cm³/mol. The van der Waals surface area contributed by atoms with E-state index in [0.29, 0.717) is 0 Å². The predicted octanol–water partition coefficient (Wildman–Crippen LogP) is 10.2. The maximum Gasteiger partial charge on any atom is 0.0256 e. The first-order valence-electron chi connectivity index (χ1n) is 10.2. The Kier molecular flexibility index (Phi) is 6.57. The fourth-order valence-electron chi connectivity index (χ4n) is 3.79. The summed E-state index contributed by atoms with van der Waals surface area (Å²) in [5.41, 5.74) is 12.3. The highest BCUT2D eigenvalue weighted by molar-refractivity contribution is 9.11. The molecule has 0 saturated heterocycles. The topological polar surface area (TPSA) is 0 Å². The molecule has 0 bridgehead atoms. The Labute approximate surface area is 210 Å². The number of benzene rings is 4. The Morgan fingerprint density at radius 1 is 0.419 bits per heavy atom. The van der Waals surface area contributed by atoms with Gasteiger partial charge in [0.25, 0.3) is 0 Å². The molecule has 0 fully saturated rings. The minimum absolute atomic E-state index is 1.09. The van der Waals surface area contributed by atoms with Gasteiger partial charge in [-0.3, -0.25) is 0 Å². The fourth-order valence-corrected chi connectivity index (χ4v) is 5.68. The lowest BCUT2D eigenvalue weighted by atomic mass is 9.91. The molecule has 0 unspecified atom stereocenters. The highest BCUT2D eigenvalue weighted by Gasteiger charge is 2.14. The quantitative estimate of drug-likeness (QED) is 0.220. The number of rotatable bonds is 3. The summed E-state index contributed by atoms with van der Waals surface area (Å²) in [6.45, 7) is 8.64. The van der Waals surface area contributed by atoms with Crippen LogP contribution in [0.4, 0.5) is 0 Å². The van der Waals surface area contributed by atoms with Gasteiger partial charge in [0.2, 0.25) is 0 Å². The van der Waals surface area contributed by atoms with Crippen molar-refractivity contribution in [3.05, 3.63) is 102 Å². The van der Waals surface area contributed by atoms with Crippen molar-refractivity contribution in [2.75, 3.05) is 0 Å². The second-order valence-electron chi connectivity index (χ2n) is 8.11. The average molecular weight is 599 g/mol. The van der Waals surface area contributed by atoms with Gasteiger partial charge in [0.1, 0.15) is 0 Å². The van der Waals surface area contributed by atoms with Crippen LogP contribution in [0.2, 0.25) is 0 Å². The minimum Gasteiger partial charge on any atom is -0.0616 e. The maximum absolute atomic E-state index is 3.81. The lowest BCUT2D eigenvalue weighted by Crippen LogP contribution is -1.91. The molecule has 0 heterocycles. The van der Waals surface area contributed by atoms with Crippen LogP contribution < -0.4 is 0 Å². The van der Waals surface area contributed by atoms with Crippen LogP contribution in [-0.4, -0.2) is 0 Å². The molecule has 0 aliphatic heterocycles. The summed E-state index contributed by atoms with van der Waals surface area (Å²) in [5.74, 6) is 0. The molecule has 156 valence electrons. The Hall–Kier alpha value is -1.68. The molecule has 3 heteroatoms. The van der Waals surface area contributed by atoms with E-state index < -0.39 is 0 Å². The van der Waals surface area contributed by atoms with Crippen molar-refractivity contribution in [3.8, 4) is 33.4 Å². The van der Waals surface area contributed by atoms with Crippen LogP contribution in [-0.2, 0) is 0 Å². The van der Waals surface area contributed by atoms with Gasteiger partial charge in [-0.1, -0.05) is 78.1 Å². The molecule has 0 amide bonds. The van der Waals surface area contributed by atoms with Gasteiger partial charge in [-0.15, -0.1) is 0 Å². The van der Waals surface area contributed by atoms with Crippen molar-refractivity contribution in [2.24, 2.45) is 0 Å². The van der Waals surface area contributed by atoms with Crippen molar-refractivity contribution in [1.82, 2.24) is 0 Å². The van der Waals surface area contributed by atoms with E-state index in [9.17, 15) is 0 Å². The molecule has 0 spiro atoms. The third-order valence-corrected chi connectivity index (χ3v) is 7.91. The SMILES string of the molecule is Cc1cc(Br)c(-c2cc(-c3ccccc3Br)cc(-c3cc(C)c(C)cc3Br)c2)cc1C. The molecule has 0 nitrogen and oxygen atoms in total. The van der Waals surface area contributed by atoms with E-state index in [1.165, 1.54) is 55.6 Å². The molecule has 0 aromatic heterocycles. The molecular weight excluding hydrogens is 576 g/mol. The Morgan fingerprint density at radius 2 is 0.806 bits per heavy atom. The standard InChI is InChI=1S/C28H23Br3/c1-16-9-24(27(30)11-18(16)3)21-13-20(23-7-5-6-8-26(23)29)14-22(15-21)25-10-17(2)19(4)12-28(25)31/h5-15H,1-4H3. The first-order valence-corrected chi connectivity index (χ1v) is 12.6. The van der Waals surface area contributed by atoms with Crippen molar-refractivity contribution >= 4 is 47.8 Å². The third-order valence-electron chi connectivity index (χ3n) is 5.91. The zero-order chi connectivity index (χ0) is 22.3. The summed E-state index contributed by atoms with van der Waals surface area (Å²) in [7, 11) is 0. The number of hydrogen-bond donors (Lipinski definition) is 0. The van der Waals surface area contributed by atoms with Gasteiger partial charge in [0, 0.05) is 13.4 Å². The van der Waals surface area contributed by atoms with Gasteiger partial charge in [-0.25, -0.2) is 0 Å². The summed E-state index contributed by atoms with van der Waals surface area (Å²) >= 11 is 11.4. The van der Waals surface area contributed by atoms with E-state index in [1.807, 2.05) is 0 Å².